The minimum atomic E-state index is -2.17. The van der Waals surface area contributed by atoms with Crippen molar-refractivity contribution < 1.29 is 31.4 Å². The smallest absolute Gasteiger partial charge is 0.120 e. The van der Waals surface area contributed by atoms with E-state index in [1.54, 1.807) is 18.3 Å². The number of para-hydroxylation sites is 2. The average Bonchev–Trinajstić information content (AvgIpc) is 3.75. The van der Waals surface area contributed by atoms with Crippen LogP contribution in [-0.2, 0) is 31.9 Å². The number of aromatic nitrogens is 1. The molecule has 8 rings (SSSR count). The maximum Gasteiger partial charge on any atom is 0.120 e. The Balaban J connectivity index is 0.000000201. The van der Waals surface area contributed by atoms with Crippen LogP contribution in [0, 0.1) is 24.4 Å². The number of hydrogen-bond donors (Lipinski definition) is 0. The normalized spacial score (nSPS) is 16.1. The van der Waals surface area contributed by atoms with Gasteiger partial charge in [0.1, 0.15) is 5.58 Å². The van der Waals surface area contributed by atoms with E-state index in [0.29, 0.717) is 16.8 Å². The van der Waals surface area contributed by atoms with Crippen molar-refractivity contribution in [3.05, 3.63) is 161 Å². The van der Waals surface area contributed by atoms with Crippen molar-refractivity contribution in [3.63, 3.8) is 0 Å². The van der Waals surface area contributed by atoms with Gasteiger partial charge in [0.15, 0.2) is 0 Å². The summed E-state index contributed by atoms with van der Waals surface area (Å²) >= 11 is 0. The van der Waals surface area contributed by atoms with Crippen LogP contribution in [0.25, 0.3) is 33.2 Å². The SMILES string of the molecule is CC(C)(C)c1ccccc1C1C(c2[c-]ccc3c2oc2ccccc23)=Nc2ccccc21.[2H]C([2H])([2H])c1c[c-]c(-c2cc(C([2H])([2H])C(C)(C)C)c([Si](C)(C)C)cn2)cc1.[Ir]. The molecule has 0 saturated carbocycles. The van der Waals surface area contributed by atoms with E-state index < -0.39 is 26.7 Å². The second-order valence-electron chi connectivity index (χ2n) is 17.3. The van der Waals surface area contributed by atoms with Gasteiger partial charge in [0.25, 0.3) is 0 Å². The molecule has 55 heavy (non-hydrogen) atoms. The summed E-state index contributed by atoms with van der Waals surface area (Å²) in [5, 5.41) is 3.24. The van der Waals surface area contributed by atoms with E-state index in [1.807, 2.05) is 45.0 Å². The molecule has 5 heteroatoms. The first-order chi connectivity index (χ1) is 27.6. The maximum absolute atomic E-state index is 8.79. The van der Waals surface area contributed by atoms with Gasteiger partial charge in [0, 0.05) is 44.5 Å². The first-order valence-corrected chi connectivity index (χ1v) is 22.2. The molecule has 0 bridgehead atoms. The number of rotatable bonds is 5. The molecule has 0 saturated heterocycles. The fourth-order valence-electron chi connectivity index (χ4n) is 7.29. The van der Waals surface area contributed by atoms with Crippen LogP contribution in [-0.4, -0.2) is 18.8 Å². The molecule has 2 aromatic heterocycles. The Morgan fingerprint density at radius 1 is 0.818 bits per heavy atom. The summed E-state index contributed by atoms with van der Waals surface area (Å²) in [6.07, 6.45) is 0.269. The first-order valence-electron chi connectivity index (χ1n) is 21.2. The van der Waals surface area contributed by atoms with Gasteiger partial charge in [-0.1, -0.05) is 151 Å². The zero-order chi connectivity index (χ0) is 42.7. The summed E-state index contributed by atoms with van der Waals surface area (Å²) in [4.78, 5) is 9.71. The molecular formula is C50H52IrN2OSi-2. The van der Waals surface area contributed by atoms with Gasteiger partial charge in [-0.3, -0.25) is 4.99 Å². The summed E-state index contributed by atoms with van der Waals surface area (Å²) in [5.41, 5.74) is 10.2. The maximum atomic E-state index is 8.79. The van der Waals surface area contributed by atoms with Crippen molar-refractivity contribution in [1.82, 2.24) is 4.98 Å². The Morgan fingerprint density at radius 2 is 1.53 bits per heavy atom. The number of benzene rings is 5. The molecule has 1 atom stereocenters. The van der Waals surface area contributed by atoms with E-state index in [-0.39, 0.29) is 37.0 Å². The van der Waals surface area contributed by atoms with Gasteiger partial charge in [-0.05, 0) is 62.6 Å². The van der Waals surface area contributed by atoms with Gasteiger partial charge < -0.3 is 9.40 Å². The number of nitrogens with zero attached hydrogens (tertiary/aromatic N) is 2. The van der Waals surface area contributed by atoms with E-state index in [9.17, 15) is 0 Å². The third kappa shape index (κ3) is 8.55. The third-order valence-corrected chi connectivity index (χ3v) is 11.8. The summed E-state index contributed by atoms with van der Waals surface area (Å²) in [7, 11) is -1.81. The average molecular weight is 922 g/mol. The van der Waals surface area contributed by atoms with Crippen LogP contribution in [0.2, 0.25) is 19.6 Å². The Morgan fingerprint density at radius 3 is 2.22 bits per heavy atom. The van der Waals surface area contributed by atoms with Crippen molar-refractivity contribution in [2.75, 3.05) is 0 Å². The number of furan rings is 1. The zero-order valence-electron chi connectivity index (χ0n) is 38.2. The van der Waals surface area contributed by atoms with Crippen LogP contribution in [0.5, 0.6) is 0 Å². The molecule has 3 heterocycles. The van der Waals surface area contributed by atoms with Gasteiger partial charge in [0.05, 0.1) is 19.3 Å². The summed E-state index contributed by atoms with van der Waals surface area (Å²) < 4.78 is 46.4. The molecule has 7 aromatic rings. The summed E-state index contributed by atoms with van der Waals surface area (Å²) in [6, 6.07) is 42.6. The standard InChI is InChI=1S/C30H24NO.C20H28NSi.Ir/c1-30(2,3)24-16-7-4-12-21(24)27-22-13-5-8-17-25(22)31-28(27)23-15-10-14-20-19-11-6-9-18-26(19)32-29(20)23;1-15-8-10-16(11-9-15)18-12-17(13-20(2,3)4)19(14-21-18)22(5,6)7;/h4-14,16-18,27H,1-3H3;8-10,12,14H,13H2,1-7H3;/q2*-1;/i;1D3,13D2;. The van der Waals surface area contributed by atoms with Crippen LogP contribution >= 0.6 is 0 Å². The predicted octanol–water partition coefficient (Wildman–Crippen LogP) is 12.9. The molecular weight excluding hydrogens is 865 g/mol. The summed E-state index contributed by atoms with van der Waals surface area (Å²) in [5.74, 6) is 0.0386. The molecule has 0 spiro atoms. The van der Waals surface area contributed by atoms with Crippen molar-refractivity contribution in [2.45, 2.75) is 85.7 Å². The van der Waals surface area contributed by atoms with Gasteiger partial charge in [-0.2, -0.15) is 0 Å². The van der Waals surface area contributed by atoms with Crippen molar-refractivity contribution in [3.8, 4) is 11.3 Å². The van der Waals surface area contributed by atoms with E-state index >= 15 is 0 Å². The molecule has 1 radical (unpaired) electrons. The molecule has 1 aliphatic rings. The molecule has 283 valence electrons. The molecule has 0 aliphatic carbocycles. The zero-order valence-corrected chi connectivity index (χ0v) is 36.6. The van der Waals surface area contributed by atoms with Gasteiger partial charge >= 0.3 is 0 Å². The topological polar surface area (TPSA) is 38.4 Å². The molecule has 0 N–H and O–H groups in total. The van der Waals surface area contributed by atoms with E-state index in [2.05, 4.69) is 124 Å². The van der Waals surface area contributed by atoms with Gasteiger partial charge in [-0.15, -0.1) is 53.6 Å². The molecule has 3 nitrogen and oxygen atoms in total. The number of aliphatic imine (C=N–C) groups is 1. The summed E-state index contributed by atoms with van der Waals surface area (Å²) in [6.45, 7) is 16.9. The van der Waals surface area contributed by atoms with Crippen LogP contribution in [0.15, 0.2) is 125 Å². The Bertz CT molecular complexity index is 2700. The second-order valence-corrected chi connectivity index (χ2v) is 22.3. The first kappa shape index (κ1) is 33.9. The van der Waals surface area contributed by atoms with Crippen molar-refractivity contribution in [1.29, 1.82) is 0 Å². The van der Waals surface area contributed by atoms with Crippen LogP contribution in [0.3, 0.4) is 0 Å². The Hall–Kier alpha value is -4.41. The van der Waals surface area contributed by atoms with E-state index in [1.165, 1.54) is 22.8 Å². The van der Waals surface area contributed by atoms with Crippen LogP contribution in [0.1, 0.15) is 87.7 Å². The Labute approximate surface area is 349 Å². The number of fused-ring (bicyclic) bond motifs is 4. The number of aryl methyl sites for hydroxylation is 1. The largest absolute Gasteiger partial charge is 0.501 e. The van der Waals surface area contributed by atoms with Gasteiger partial charge in [0.2, 0.25) is 0 Å². The monoisotopic (exact) mass is 922 g/mol. The molecule has 1 aliphatic heterocycles. The molecule has 0 fully saturated rings. The number of pyridine rings is 1. The van der Waals surface area contributed by atoms with Crippen LogP contribution < -0.4 is 5.19 Å². The fraction of sp³-hybridized carbons (Fsp3) is 0.280. The van der Waals surface area contributed by atoms with Crippen molar-refractivity contribution >= 4 is 46.6 Å². The second kappa shape index (κ2) is 15.6. The van der Waals surface area contributed by atoms with Gasteiger partial charge in [-0.25, -0.2) is 0 Å². The molecule has 0 amide bonds. The Kier molecular flexibility index (Phi) is 9.62. The van der Waals surface area contributed by atoms with E-state index in [0.717, 1.165) is 44.1 Å². The minimum Gasteiger partial charge on any atom is -0.501 e. The molecule has 1 unspecified atom stereocenters. The fourth-order valence-corrected chi connectivity index (χ4v) is 8.69. The van der Waals surface area contributed by atoms with Crippen LogP contribution in [0.4, 0.5) is 5.69 Å². The van der Waals surface area contributed by atoms with E-state index in [4.69, 9.17) is 16.3 Å². The third-order valence-electron chi connectivity index (χ3n) is 9.75. The molecule has 5 aromatic carbocycles. The number of hydrogen-bond acceptors (Lipinski definition) is 3. The minimum absolute atomic E-state index is 0. The predicted molar refractivity (Wildman–Crippen MR) is 232 cm³/mol. The quantitative estimate of drug-likeness (QED) is 0.127. The van der Waals surface area contributed by atoms with Crippen molar-refractivity contribution in [2.24, 2.45) is 10.4 Å².